The smallest absolute Gasteiger partial charge is 0.407 e. The number of aliphatic carboxylic acids is 1. The Morgan fingerprint density at radius 3 is 2.09 bits per heavy atom. The lowest BCUT2D eigenvalue weighted by Crippen LogP contribution is -2.55. The summed E-state index contributed by atoms with van der Waals surface area (Å²) in [6.07, 6.45) is 2.46. The van der Waals surface area contributed by atoms with E-state index < -0.39 is 24.0 Å². The molecule has 2 aliphatic heterocycles. The first kappa shape index (κ1) is 22.4. The minimum absolute atomic E-state index is 0.0418. The highest BCUT2D eigenvalue weighted by atomic mass is 16.5. The van der Waals surface area contributed by atoms with Gasteiger partial charge in [0.25, 0.3) is 0 Å². The topological polar surface area (TPSA) is 95.9 Å². The number of amides is 2. The summed E-state index contributed by atoms with van der Waals surface area (Å²) in [6.45, 7) is 2.05. The Hall–Kier alpha value is -3.35. The monoisotopic (exact) mass is 462 g/mol. The Kier molecular flexibility index (Phi) is 6.02. The second-order valence-corrected chi connectivity index (χ2v) is 9.57. The summed E-state index contributed by atoms with van der Waals surface area (Å²) in [4.78, 5) is 39.3. The van der Waals surface area contributed by atoms with Crippen LogP contribution in [0.3, 0.4) is 0 Å². The van der Waals surface area contributed by atoms with E-state index in [1.165, 1.54) is 0 Å². The lowest BCUT2D eigenvalue weighted by atomic mass is 9.90. The highest BCUT2D eigenvalue weighted by Gasteiger charge is 2.46. The lowest BCUT2D eigenvalue weighted by molar-refractivity contribution is -0.149. The van der Waals surface area contributed by atoms with Crippen LogP contribution in [0.2, 0.25) is 0 Å². The molecule has 0 aromatic heterocycles. The zero-order chi connectivity index (χ0) is 23.8. The van der Waals surface area contributed by atoms with Crippen molar-refractivity contribution >= 4 is 18.0 Å². The predicted molar refractivity (Wildman–Crippen MR) is 126 cm³/mol. The van der Waals surface area contributed by atoms with E-state index in [1.807, 2.05) is 36.1 Å². The van der Waals surface area contributed by atoms with Crippen molar-refractivity contribution in [2.24, 2.45) is 5.92 Å². The fourth-order valence-corrected chi connectivity index (χ4v) is 6.04. The molecular formula is C27H30N2O5. The summed E-state index contributed by atoms with van der Waals surface area (Å²) in [5.74, 6) is -1.35. The van der Waals surface area contributed by atoms with Crippen LogP contribution >= 0.6 is 0 Å². The Balaban J connectivity index is 1.23. The molecule has 3 atom stereocenters. The zero-order valence-corrected chi connectivity index (χ0v) is 19.3. The number of carboxylic acids is 1. The molecule has 1 aliphatic carbocycles. The SMILES string of the molecule is CCC(NC(=O)OCC1c2ccccc2-c2ccccc21)C(=O)N1C2CCC1CC(C(=O)O)C2. The number of carboxylic acid groups (broad SMARTS) is 1. The quantitative estimate of drug-likeness (QED) is 0.672. The summed E-state index contributed by atoms with van der Waals surface area (Å²) in [7, 11) is 0. The summed E-state index contributed by atoms with van der Waals surface area (Å²) < 4.78 is 5.63. The molecule has 2 bridgehead atoms. The second kappa shape index (κ2) is 9.12. The molecule has 7 heteroatoms. The van der Waals surface area contributed by atoms with E-state index in [0.717, 1.165) is 35.1 Å². The Morgan fingerprint density at radius 1 is 1.00 bits per heavy atom. The van der Waals surface area contributed by atoms with E-state index in [1.54, 1.807) is 0 Å². The number of fused-ring (bicyclic) bond motifs is 5. The van der Waals surface area contributed by atoms with Crippen LogP contribution in [0.4, 0.5) is 4.79 Å². The maximum Gasteiger partial charge on any atom is 0.407 e. The third kappa shape index (κ3) is 3.93. The minimum Gasteiger partial charge on any atom is -0.481 e. The summed E-state index contributed by atoms with van der Waals surface area (Å²) in [5, 5.41) is 12.2. The first-order valence-electron chi connectivity index (χ1n) is 12.1. The van der Waals surface area contributed by atoms with Crippen LogP contribution in [-0.4, -0.2) is 52.7 Å². The largest absolute Gasteiger partial charge is 0.481 e. The van der Waals surface area contributed by atoms with E-state index in [0.29, 0.717) is 19.3 Å². The van der Waals surface area contributed by atoms with E-state index in [2.05, 4.69) is 29.6 Å². The van der Waals surface area contributed by atoms with Gasteiger partial charge in [0.05, 0.1) is 5.92 Å². The Labute approximate surface area is 199 Å². The van der Waals surface area contributed by atoms with Crippen LogP contribution in [0.1, 0.15) is 56.1 Å². The number of nitrogens with zero attached hydrogens (tertiary/aromatic N) is 1. The summed E-state index contributed by atoms with van der Waals surface area (Å²) in [6, 6.07) is 15.5. The first-order valence-corrected chi connectivity index (χ1v) is 12.1. The number of benzene rings is 2. The van der Waals surface area contributed by atoms with Gasteiger partial charge < -0.3 is 20.1 Å². The normalized spacial score (nSPS) is 23.7. The van der Waals surface area contributed by atoms with Gasteiger partial charge in [0.2, 0.25) is 5.91 Å². The van der Waals surface area contributed by atoms with E-state index in [9.17, 15) is 19.5 Å². The van der Waals surface area contributed by atoms with Crippen LogP contribution in [0, 0.1) is 5.92 Å². The number of nitrogens with one attached hydrogen (secondary N) is 1. The molecule has 0 radical (unpaired) electrons. The van der Waals surface area contributed by atoms with Crippen LogP contribution in [0.25, 0.3) is 11.1 Å². The summed E-state index contributed by atoms with van der Waals surface area (Å²) in [5.41, 5.74) is 4.60. The molecule has 2 aromatic rings. The van der Waals surface area contributed by atoms with Gasteiger partial charge in [-0.05, 0) is 54.4 Å². The van der Waals surface area contributed by atoms with Gasteiger partial charge >= 0.3 is 12.1 Å². The third-order valence-electron chi connectivity index (χ3n) is 7.68. The molecule has 2 N–H and O–H groups in total. The van der Waals surface area contributed by atoms with Crippen molar-refractivity contribution in [1.29, 1.82) is 0 Å². The van der Waals surface area contributed by atoms with Crippen molar-refractivity contribution in [2.45, 2.75) is 63.1 Å². The average molecular weight is 463 g/mol. The number of piperidine rings is 1. The molecule has 2 fully saturated rings. The van der Waals surface area contributed by atoms with Crippen LogP contribution in [0.5, 0.6) is 0 Å². The molecule has 2 saturated heterocycles. The highest BCUT2D eigenvalue weighted by molar-refractivity contribution is 5.87. The van der Waals surface area contributed by atoms with Gasteiger partial charge in [-0.25, -0.2) is 4.79 Å². The number of hydrogen-bond donors (Lipinski definition) is 2. The number of carbonyl (C=O) groups excluding carboxylic acids is 2. The number of ether oxygens (including phenoxy) is 1. The molecule has 2 heterocycles. The average Bonchev–Trinajstić information content (AvgIpc) is 3.31. The van der Waals surface area contributed by atoms with Crippen LogP contribution in [0.15, 0.2) is 48.5 Å². The molecule has 178 valence electrons. The number of rotatable bonds is 6. The van der Waals surface area contributed by atoms with Crippen molar-refractivity contribution in [1.82, 2.24) is 10.2 Å². The fourth-order valence-electron chi connectivity index (χ4n) is 6.04. The van der Waals surface area contributed by atoms with Gasteiger partial charge in [0.15, 0.2) is 0 Å². The lowest BCUT2D eigenvalue weighted by Gasteiger charge is -2.39. The predicted octanol–water partition coefficient (Wildman–Crippen LogP) is 4.16. The van der Waals surface area contributed by atoms with Gasteiger partial charge in [0.1, 0.15) is 12.6 Å². The molecular weight excluding hydrogens is 432 g/mol. The number of carbonyl (C=O) groups is 3. The van der Waals surface area contributed by atoms with Gasteiger partial charge in [-0.15, -0.1) is 0 Å². The van der Waals surface area contributed by atoms with Gasteiger partial charge in [-0.2, -0.15) is 0 Å². The van der Waals surface area contributed by atoms with Crippen molar-refractivity contribution < 1.29 is 24.2 Å². The first-order chi connectivity index (χ1) is 16.5. The van der Waals surface area contributed by atoms with Crippen molar-refractivity contribution in [2.75, 3.05) is 6.61 Å². The van der Waals surface area contributed by atoms with E-state index in [-0.39, 0.29) is 30.5 Å². The van der Waals surface area contributed by atoms with E-state index >= 15 is 0 Å². The van der Waals surface area contributed by atoms with Gasteiger partial charge in [-0.1, -0.05) is 55.5 Å². The number of hydrogen-bond acceptors (Lipinski definition) is 4. The standard InChI is InChI=1S/C27H30N2O5/c1-2-24(25(30)29-17-11-12-18(29)14-16(13-17)26(31)32)28-27(33)34-15-23-21-9-5-3-7-19(21)20-8-4-6-10-22(20)23/h3-10,16-18,23-24H,2,11-15H2,1H3,(H,28,33)(H,31,32). The zero-order valence-electron chi connectivity index (χ0n) is 19.3. The molecule has 2 aromatic carbocycles. The second-order valence-electron chi connectivity index (χ2n) is 9.57. The summed E-state index contributed by atoms with van der Waals surface area (Å²) >= 11 is 0. The van der Waals surface area contributed by atoms with Gasteiger partial charge in [0, 0.05) is 18.0 Å². The van der Waals surface area contributed by atoms with Crippen molar-refractivity contribution in [3.8, 4) is 11.1 Å². The third-order valence-corrected chi connectivity index (χ3v) is 7.68. The van der Waals surface area contributed by atoms with Crippen molar-refractivity contribution in [3.63, 3.8) is 0 Å². The number of alkyl carbamates (subject to hydrolysis) is 1. The molecule has 5 rings (SSSR count). The molecule has 3 aliphatic rings. The van der Waals surface area contributed by atoms with Crippen molar-refractivity contribution in [3.05, 3.63) is 59.7 Å². The van der Waals surface area contributed by atoms with Gasteiger partial charge in [-0.3, -0.25) is 9.59 Å². The maximum atomic E-state index is 13.3. The van der Waals surface area contributed by atoms with Crippen LogP contribution in [-0.2, 0) is 14.3 Å². The molecule has 2 amide bonds. The van der Waals surface area contributed by atoms with E-state index in [4.69, 9.17) is 4.74 Å². The molecule has 0 saturated carbocycles. The highest BCUT2D eigenvalue weighted by Crippen LogP contribution is 2.44. The Bertz CT molecular complexity index is 1060. The fraction of sp³-hybridized carbons (Fsp3) is 0.444. The molecule has 34 heavy (non-hydrogen) atoms. The molecule has 7 nitrogen and oxygen atoms in total. The Morgan fingerprint density at radius 2 is 1.56 bits per heavy atom. The molecule has 3 unspecified atom stereocenters. The maximum absolute atomic E-state index is 13.3. The molecule has 0 spiro atoms. The van der Waals surface area contributed by atoms with Crippen LogP contribution < -0.4 is 5.32 Å². The minimum atomic E-state index is -0.784.